The summed E-state index contributed by atoms with van der Waals surface area (Å²) in [6.07, 6.45) is -4.54. The molecule has 2 rings (SSSR count). The van der Waals surface area contributed by atoms with Gasteiger partial charge in [-0.25, -0.2) is 12.7 Å². The number of anilines is 1. The molecule has 0 unspecified atom stereocenters. The molecule has 7 nitrogen and oxygen atoms in total. The number of alkyl halides is 3. The molecule has 0 aliphatic heterocycles. The van der Waals surface area contributed by atoms with E-state index in [1.54, 1.807) is 12.2 Å². The Morgan fingerprint density at radius 1 is 0.967 bits per heavy atom. The van der Waals surface area contributed by atoms with E-state index >= 15 is 0 Å². The molecule has 0 saturated heterocycles. The monoisotopic (exact) mass is 443 g/mol. The Balaban J connectivity index is 2.18. The van der Waals surface area contributed by atoms with Crippen LogP contribution in [0.3, 0.4) is 0 Å². The van der Waals surface area contributed by atoms with Gasteiger partial charge in [0.05, 0.1) is 4.90 Å². The van der Waals surface area contributed by atoms with Crippen molar-refractivity contribution < 1.29 is 31.2 Å². The summed E-state index contributed by atoms with van der Waals surface area (Å²) in [5, 5.41) is 4.34. The summed E-state index contributed by atoms with van der Waals surface area (Å²) in [5.74, 6) is -1.50. The van der Waals surface area contributed by atoms with Gasteiger partial charge in [0.25, 0.3) is 11.8 Å². The molecule has 2 N–H and O–H groups in total. The summed E-state index contributed by atoms with van der Waals surface area (Å²) in [7, 11) is -0.868. The van der Waals surface area contributed by atoms with Gasteiger partial charge in [-0.15, -0.1) is 0 Å². The highest BCUT2D eigenvalue weighted by molar-refractivity contribution is 7.89. The smallest absolute Gasteiger partial charge is 0.343 e. The van der Waals surface area contributed by atoms with Gasteiger partial charge in [0.2, 0.25) is 10.0 Å². The number of halogens is 3. The second kappa shape index (κ2) is 8.84. The van der Waals surface area contributed by atoms with E-state index in [-0.39, 0.29) is 21.7 Å². The van der Waals surface area contributed by atoms with Crippen LogP contribution in [0.5, 0.6) is 0 Å². The molecule has 0 saturated carbocycles. The molecular formula is C19H20F3N3O4S. The van der Waals surface area contributed by atoms with Crippen molar-refractivity contribution in [2.24, 2.45) is 0 Å². The van der Waals surface area contributed by atoms with Crippen LogP contribution in [0.4, 0.5) is 18.9 Å². The molecule has 0 aromatic heterocycles. The van der Waals surface area contributed by atoms with E-state index in [1.807, 2.05) is 0 Å². The maximum atomic E-state index is 12.5. The van der Waals surface area contributed by atoms with Crippen LogP contribution in [0.1, 0.15) is 26.3 Å². The van der Waals surface area contributed by atoms with Crippen LogP contribution in [0.2, 0.25) is 0 Å². The highest BCUT2D eigenvalue weighted by atomic mass is 32.2. The third-order valence-corrected chi connectivity index (χ3v) is 5.92. The number of aryl methyl sites for hydroxylation is 1. The molecule has 162 valence electrons. The van der Waals surface area contributed by atoms with E-state index in [4.69, 9.17) is 0 Å². The van der Waals surface area contributed by atoms with E-state index < -0.39 is 34.6 Å². The van der Waals surface area contributed by atoms with Crippen molar-refractivity contribution >= 4 is 27.5 Å². The number of amides is 2. The number of hydrogen-bond donors (Lipinski definition) is 2. The molecule has 0 radical (unpaired) electrons. The Hall–Kier alpha value is -2.92. The molecule has 2 amide bonds. The SMILES string of the molecule is Cc1ccc(C(=O)NCC(F)(F)F)cc1NC(=O)c1ccc(S(=O)(=O)N(C)C)cc1. The molecular weight excluding hydrogens is 423 g/mol. The number of sulfonamides is 1. The van der Waals surface area contributed by atoms with Gasteiger partial charge in [0, 0.05) is 30.9 Å². The van der Waals surface area contributed by atoms with E-state index in [2.05, 4.69) is 5.32 Å². The average molecular weight is 443 g/mol. The van der Waals surface area contributed by atoms with E-state index in [0.29, 0.717) is 5.56 Å². The maximum Gasteiger partial charge on any atom is 0.405 e. The van der Waals surface area contributed by atoms with Crippen LogP contribution in [0, 0.1) is 6.92 Å². The van der Waals surface area contributed by atoms with E-state index in [9.17, 15) is 31.2 Å². The van der Waals surface area contributed by atoms with Crippen molar-refractivity contribution in [3.8, 4) is 0 Å². The summed E-state index contributed by atoms with van der Waals surface area (Å²) < 4.78 is 62.0. The molecule has 0 atom stereocenters. The fourth-order valence-corrected chi connectivity index (χ4v) is 3.27. The lowest BCUT2D eigenvalue weighted by atomic mass is 10.1. The van der Waals surface area contributed by atoms with Crippen LogP contribution in [-0.4, -0.2) is 51.4 Å². The van der Waals surface area contributed by atoms with Gasteiger partial charge in [0.1, 0.15) is 6.54 Å². The van der Waals surface area contributed by atoms with Crippen molar-refractivity contribution in [3.05, 3.63) is 59.2 Å². The number of nitrogens with zero attached hydrogens (tertiary/aromatic N) is 1. The second-order valence-corrected chi connectivity index (χ2v) is 8.75. The quantitative estimate of drug-likeness (QED) is 0.718. The Bertz CT molecular complexity index is 1050. The van der Waals surface area contributed by atoms with Crippen LogP contribution < -0.4 is 10.6 Å². The predicted molar refractivity (Wildman–Crippen MR) is 105 cm³/mol. The standard InChI is InChI=1S/C19H20F3N3O4S/c1-12-4-5-14(17(26)23-11-19(20,21)22)10-16(12)24-18(27)13-6-8-15(9-7-13)30(28,29)25(2)3/h4-10H,11H2,1-3H3,(H,23,26)(H,24,27). The first kappa shape index (κ1) is 23.4. The van der Waals surface area contributed by atoms with Crippen LogP contribution >= 0.6 is 0 Å². The van der Waals surface area contributed by atoms with Crippen molar-refractivity contribution in [2.75, 3.05) is 26.0 Å². The lowest BCUT2D eigenvalue weighted by molar-refractivity contribution is -0.123. The molecule has 0 aliphatic carbocycles. The lowest BCUT2D eigenvalue weighted by Crippen LogP contribution is -2.33. The van der Waals surface area contributed by atoms with E-state index in [1.165, 1.54) is 56.6 Å². The highest BCUT2D eigenvalue weighted by Gasteiger charge is 2.28. The summed E-state index contributed by atoms with van der Waals surface area (Å²) in [5.41, 5.74) is 0.943. The van der Waals surface area contributed by atoms with Gasteiger partial charge in [-0.3, -0.25) is 9.59 Å². The Labute approximate surface area is 171 Å². The van der Waals surface area contributed by atoms with Gasteiger partial charge < -0.3 is 10.6 Å². The molecule has 0 aliphatic rings. The van der Waals surface area contributed by atoms with Gasteiger partial charge in [-0.05, 0) is 48.9 Å². The number of rotatable bonds is 6. The van der Waals surface area contributed by atoms with Crippen molar-refractivity contribution in [1.29, 1.82) is 0 Å². The first-order chi connectivity index (χ1) is 13.8. The number of nitrogens with one attached hydrogen (secondary N) is 2. The Morgan fingerprint density at radius 2 is 1.53 bits per heavy atom. The summed E-state index contributed by atoms with van der Waals surface area (Å²) in [6.45, 7) is 0.184. The van der Waals surface area contributed by atoms with Crippen LogP contribution in [0.15, 0.2) is 47.4 Å². The first-order valence-corrected chi connectivity index (χ1v) is 10.0. The Morgan fingerprint density at radius 3 is 2.07 bits per heavy atom. The van der Waals surface area contributed by atoms with Gasteiger partial charge in [-0.2, -0.15) is 13.2 Å². The van der Waals surface area contributed by atoms with Gasteiger partial charge in [-0.1, -0.05) is 6.07 Å². The van der Waals surface area contributed by atoms with Crippen molar-refractivity contribution in [3.63, 3.8) is 0 Å². The predicted octanol–water partition coefficient (Wildman–Crippen LogP) is 2.79. The van der Waals surface area contributed by atoms with Gasteiger partial charge in [0.15, 0.2) is 0 Å². The molecule has 0 spiro atoms. The third-order valence-electron chi connectivity index (χ3n) is 4.09. The molecule has 0 heterocycles. The van der Waals surface area contributed by atoms with E-state index in [0.717, 1.165) is 4.31 Å². The minimum absolute atomic E-state index is 0.0172. The minimum Gasteiger partial charge on any atom is -0.343 e. The number of carbonyl (C=O) groups is 2. The Kier molecular flexibility index (Phi) is 6.88. The van der Waals surface area contributed by atoms with Crippen LogP contribution in [0.25, 0.3) is 0 Å². The zero-order chi connectivity index (χ0) is 22.7. The first-order valence-electron chi connectivity index (χ1n) is 8.61. The van der Waals surface area contributed by atoms with Gasteiger partial charge >= 0.3 is 6.18 Å². The normalized spacial score (nSPS) is 12.0. The highest BCUT2D eigenvalue weighted by Crippen LogP contribution is 2.20. The number of carbonyl (C=O) groups excluding carboxylic acids is 2. The minimum atomic E-state index is -4.54. The number of hydrogen-bond acceptors (Lipinski definition) is 4. The summed E-state index contributed by atoms with van der Waals surface area (Å²) >= 11 is 0. The second-order valence-electron chi connectivity index (χ2n) is 6.59. The molecule has 2 aromatic carbocycles. The molecule has 0 bridgehead atoms. The molecule has 2 aromatic rings. The molecule has 11 heteroatoms. The van der Waals surface area contributed by atoms with Crippen molar-refractivity contribution in [1.82, 2.24) is 9.62 Å². The zero-order valence-corrected chi connectivity index (χ0v) is 17.2. The van der Waals surface area contributed by atoms with Crippen molar-refractivity contribution in [2.45, 2.75) is 18.0 Å². The lowest BCUT2D eigenvalue weighted by Gasteiger charge is -2.13. The van der Waals surface area contributed by atoms with Crippen LogP contribution in [-0.2, 0) is 10.0 Å². The fourth-order valence-electron chi connectivity index (χ4n) is 2.36. The average Bonchev–Trinajstić information content (AvgIpc) is 2.67. The molecule has 0 fully saturated rings. The topological polar surface area (TPSA) is 95.6 Å². The zero-order valence-electron chi connectivity index (χ0n) is 16.4. The number of benzene rings is 2. The summed E-state index contributed by atoms with van der Waals surface area (Å²) in [6, 6.07) is 9.35. The summed E-state index contributed by atoms with van der Waals surface area (Å²) in [4.78, 5) is 24.4. The third kappa shape index (κ3) is 5.80. The molecule has 30 heavy (non-hydrogen) atoms. The maximum absolute atomic E-state index is 12.5. The largest absolute Gasteiger partial charge is 0.405 e. The fraction of sp³-hybridized carbons (Fsp3) is 0.263.